The van der Waals surface area contributed by atoms with E-state index in [1.165, 1.54) is 24.7 Å². The lowest BCUT2D eigenvalue weighted by molar-refractivity contribution is 0.0524. The number of carbonyl (C=O) groups excluding carboxylic acids is 1. The van der Waals surface area contributed by atoms with Gasteiger partial charge in [0.2, 0.25) is 0 Å². The summed E-state index contributed by atoms with van der Waals surface area (Å²) in [5.41, 5.74) is -1.14. The molecule has 2 rings (SSSR count). The highest BCUT2D eigenvalue weighted by molar-refractivity contribution is 5.94. The lowest BCUT2D eigenvalue weighted by Gasteiger charge is -2.22. The summed E-state index contributed by atoms with van der Waals surface area (Å²) in [5, 5.41) is 16.7. The first-order valence-corrected chi connectivity index (χ1v) is 6.66. The van der Waals surface area contributed by atoms with Crippen LogP contribution in [0.15, 0.2) is 24.5 Å². The van der Waals surface area contributed by atoms with Crippen molar-refractivity contribution in [3.8, 4) is 0 Å². The van der Waals surface area contributed by atoms with E-state index in [2.05, 4.69) is 10.4 Å². The number of aliphatic hydroxyl groups is 1. The van der Waals surface area contributed by atoms with E-state index < -0.39 is 28.7 Å². The minimum atomic E-state index is -1.37. The second kappa shape index (κ2) is 5.84. The number of benzene rings is 1. The molecule has 22 heavy (non-hydrogen) atoms. The van der Waals surface area contributed by atoms with Crippen LogP contribution in [-0.4, -0.2) is 27.3 Å². The van der Waals surface area contributed by atoms with E-state index in [-0.39, 0.29) is 12.1 Å². The molecule has 0 saturated carbocycles. The van der Waals surface area contributed by atoms with Gasteiger partial charge in [0, 0.05) is 18.8 Å². The molecule has 0 aliphatic carbocycles. The fraction of sp³-hybridized carbons (Fsp3) is 0.333. The van der Waals surface area contributed by atoms with Crippen LogP contribution >= 0.6 is 0 Å². The monoisotopic (exact) mass is 309 g/mol. The molecule has 2 aromatic rings. The fourth-order valence-corrected chi connectivity index (χ4v) is 1.97. The number of halogens is 2. The van der Waals surface area contributed by atoms with E-state index in [9.17, 15) is 18.7 Å². The third-order valence-corrected chi connectivity index (χ3v) is 3.41. The number of hydrogen-bond acceptors (Lipinski definition) is 3. The first-order valence-electron chi connectivity index (χ1n) is 6.66. The van der Waals surface area contributed by atoms with Crippen LogP contribution in [0.1, 0.15) is 28.4 Å². The van der Waals surface area contributed by atoms with Gasteiger partial charge < -0.3 is 10.4 Å². The van der Waals surface area contributed by atoms with Crippen LogP contribution < -0.4 is 5.32 Å². The number of rotatable bonds is 4. The lowest BCUT2D eigenvalue weighted by Crippen LogP contribution is -2.38. The molecule has 0 bridgehead atoms. The van der Waals surface area contributed by atoms with Gasteiger partial charge in [-0.1, -0.05) is 0 Å². The van der Waals surface area contributed by atoms with Crippen molar-refractivity contribution in [2.75, 3.05) is 6.54 Å². The van der Waals surface area contributed by atoms with Crippen LogP contribution in [0.3, 0.4) is 0 Å². The number of amides is 1. The van der Waals surface area contributed by atoms with Crippen molar-refractivity contribution in [3.05, 3.63) is 52.9 Å². The van der Waals surface area contributed by atoms with Crippen molar-refractivity contribution in [2.24, 2.45) is 7.05 Å². The standard InChI is InChI=1S/C15H17F2N3O2/c1-9-4-13(17)11(5-12(9)16)14(21)18-8-15(2,22)10-6-19-20(3)7-10/h4-7,22H,8H2,1-3H3,(H,18,21). The van der Waals surface area contributed by atoms with Crippen LogP contribution in [-0.2, 0) is 12.6 Å². The second-order valence-corrected chi connectivity index (χ2v) is 5.44. The summed E-state index contributed by atoms with van der Waals surface area (Å²) in [6.45, 7) is 2.75. The molecule has 1 atom stereocenters. The molecular formula is C15H17F2N3O2. The normalized spacial score (nSPS) is 13.7. The number of nitrogens with zero attached hydrogens (tertiary/aromatic N) is 2. The summed E-state index contributed by atoms with van der Waals surface area (Å²) in [4.78, 5) is 12.0. The number of nitrogens with one attached hydrogen (secondary N) is 1. The minimum Gasteiger partial charge on any atom is -0.383 e. The van der Waals surface area contributed by atoms with Gasteiger partial charge in [-0.2, -0.15) is 5.10 Å². The Labute approximate surface area is 126 Å². The Morgan fingerprint density at radius 1 is 1.41 bits per heavy atom. The van der Waals surface area contributed by atoms with Gasteiger partial charge in [0.1, 0.15) is 17.2 Å². The number of carbonyl (C=O) groups is 1. The smallest absolute Gasteiger partial charge is 0.254 e. The van der Waals surface area contributed by atoms with Crippen LogP contribution in [0.5, 0.6) is 0 Å². The molecule has 0 saturated heterocycles. The van der Waals surface area contributed by atoms with Gasteiger partial charge in [0.25, 0.3) is 5.91 Å². The molecule has 0 aliphatic heterocycles. The molecule has 1 unspecified atom stereocenters. The average molecular weight is 309 g/mol. The zero-order valence-corrected chi connectivity index (χ0v) is 12.5. The number of aromatic nitrogens is 2. The highest BCUT2D eigenvalue weighted by Crippen LogP contribution is 2.19. The SMILES string of the molecule is Cc1cc(F)c(C(=O)NCC(C)(O)c2cnn(C)c2)cc1F. The maximum atomic E-state index is 13.7. The van der Waals surface area contributed by atoms with E-state index >= 15 is 0 Å². The summed E-state index contributed by atoms with van der Waals surface area (Å²) in [5.74, 6) is -2.26. The van der Waals surface area contributed by atoms with E-state index in [1.807, 2.05) is 0 Å². The Balaban J connectivity index is 2.11. The first kappa shape index (κ1) is 16.1. The molecule has 118 valence electrons. The predicted octanol–water partition coefficient (Wildman–Crippen LogP) is 1.64. The molecule has 0 spiro atoms. The molecule has 1 heterocycles. The Morgan fingerprint density at radius 2 is 2.09 bits per heavy atom. The number of hydrogen-bond donors (Lipinski definition) is 2. The fourth-order valence-electron chi connectivity index (χ4n) is 1.97. The van der Waals surface area contributed by atoms with E-state index in [4.69, 9.17) is 0 Å². The van der Waals surface area contributed by atoms with Crippen molar-refractivity contribution in [1.29, 1.82) is 0 Å². The molecule has 0 fully saturated rings. The van der Waals surface area contributed by atoms with Crippen LogP contribution in [0.25, 0.3) is 0 Å². The van der Waals surface area contributed by atoms with Crippen molar-refractivity contribution in [3.63, 3.8) is 0 Å². The van der Waals surface area contributed by atoms with Gasteiger partial charge in [-0.05, 0) is 31.5 Å². The van der Waals surface area contributed by atoms with Gasteiger partial charge in [0.05, 0.1) is 18.3 Å². The molecule has 1 aromatic carbocycles. The first-order chi connectivity index (χ1) is 10.2. The highest BCUT2D eigenvalue weighted by Gasteiger charge is 2.26. The van der Waals surface area contributed by atoms with Crippen molar-refractivity contribution in [1.82, 2.24) is 15.1 Å². The van der Waals surface area contributed by atoms with Gasteiger partial charge in [-0.25, -0.2) is 8.78 Å². The average Bonchev–Trinajstić information content (AvgIpc) is 2.88. The third kappa shape index (κ3) is 3.30. The summed E-state index contributed by atoms with van der Waals surface area (Å²) < 4.78 is 28.7. The van der Waals surface area contributed by atoms with Crippen molar-refractivity contribution >= 4 is 5.91 Å². The maximum Gasteiger partial charge on any atom is 0.254 e. The number of aryl methyl sites for hydroxylation is 2. The van der Waals surface area contributed by atoms with Crippen LogP contribution in [0, 0.1) is 18.6 Å². The predicted molar refractivity (Wildman–Crippen MR) is 76.2 cm³/mol. The van der Waals surface area contributed by atoms with E-state index in [0.717, 1.165) is 12.1 Å². The van der Waals surface area contributed by atoms with Crippen LogP contribution in [0.4, 0.5) is 8.78 Å². The molecule has 0 aliphatic rings. The van der Waals surface area contributed by atoms with Gasteiger partial charge >= 0.3 is 0 Å². The molecule has 5 nitrogen and oxygen atoms in total. The molecule has 7 heteroatoms. The van der Waals surface area contributed by atoms with Gasteiger partial charge in [0.15, 0.2) is 0 Å². The highest BCUT2D eigenvalue weighted by atomic mass is 19.1. The Bertz CT molecular complexity index is 711. The van der Waals surface area contributed by atoms with E-state index in [0.29, 0.717) is 5.56 Å². The molecule has 1 amide bonds. The van der Waals surface area contributed by atoms with E-state index in [1.54, 1.807) is 13.2 Å². The zero-order valence-electron chi connectivity index (χ0n) is 12.5. The van der Waals surface area contributed by atoms with Crippen molar-refractivity contribution in [2.45, 2.75) is 19.4 Å². The topological polar surface area (TPSA) is 67.2 Å². The largest absolute Gasteiger partial charge is 0.383 e. The Kier molecular flexibility index (Phi) is 4.27. The molecule has 0 radical (unpaired) electrons. The van der Waals surface area contributed by atoms with Gasteiger partial charge in [-0.15, -0.1) is 0 Å². The van der Waals surface area contributed by atoms with Gasteiger partial charge in [-0.3, -0.25) is 9.48 Å². The molecule has 1 aromatic heterocycles. The van der Waals surface area contributed by atoms with Crippen LogP contribution in [0.2, 0.25) is 0 Å². The minimum absolute atomic E-state index is 0.122. The van der Waals surface area contributed by atoms with Crippen molar-refractivity contribution < 1.29 is 18.7 Å². The molecular weight excluding hydrogens is 292 g/mol. The second-order valence-electron chi connectivity index (χ2n) is 5.44. The summed E-state index contributed by atoms with van der Waals surface area (Å²) in [6.07, 6.45) is 3.08. The Morgan fingerprint density at radius 3 is 2.68 bits per heavy atom. The summed E-state index contributed by atoms with van der Waals surface area (Å²) >= 11 is 0. The molecule has 2 N–H and O–H groups in total. The maximum absolute atomic E-state index is 13.7. The third-order valence-electron chi connectivity index (χ3n) is 3.41. The summed E-state index contributed by atoms with van der Waals surface area (Å²) in [7, 11) is 1.70. The lowest BCUT2D eigenvalue weighted by atomic mass is 9.99. The quantitative estimate of drug-likeness (QED) is 0.902. The zero-order chi connectivity index (χ0) is 16.5. The Hall–Kier alpha value is -2.28. The summed E-state index contributed by atoms with van der Waals surface area (Å²) in [6, 6.07) is 1.81.